The number of hydrogen-bond donors (Lipinski definition) is 2. The number of hydrogen-bond acceptors (Lipinski definition) is 5. The number of carbonyl (C=O) groups excluding carboxylic acids is 2. The van der Waals surface area contributed by atoms with Gasteiger partial charge in [-0.25, -0.2) is 14.2 Å². The monoisotopic (exact) mass is 431 g/mol. The van der Waals surface area contributed by atoms with E-state index in [1.165, 1.54) is 17.4 Å². The third kappa shape index (κ3) is 5.08. The average Bonchev–Trinajstić information content (AvgIpc) is 3.40. The molecule has 1 aromatic heterocycles. The molecule has 0 radical (unpaired) electrons. The molecule has 1 aliphatic carbocycles. The minimum absolute atomic E-state index is 0.00422. The first-order valence-corrected chi connectivity index (χ1v) is 11.3. The van der Waals surface area contributed by atoms with Crippen molar-refractivity contribution in [3.63, 3.8) is 0 Å². The molecule has 4 rings (SSSR count). The highest BCUT2D eigenvalue weighted by molar-refractivity contribution is 7.13. The first-order valence-electron chi connectivity index (χ1n) is 10.4. The third-order valence-electron chi connectivity index (χ3n) is 5.62. The summed E-state index contributed by atoms with van der Waals surface area (Å²) < 4.78 is 14.0. The average molecular weight is 432 g/mol. The number of anilines is 2. The van der Waals surface area contributed by atoms with Crippen molar-refractivity contribution < 1.29 is 14.0 Å². The molecule has 2 aromatic rings. The van der Waals surface area contributed by atoms with Gasteiger partial charge in [0.25, 0.3) is 0 Å². The number of nitrogens with zero attached hydrogens (tertiary/aromatic N) is 3. The Morgan fingerprint density at radius 3 is 2.60 bits per heavy atom. The zero-order valence-corrected chi connectivity index (χ0v) is 17.6. The van der Waals surface area contributed by atoms with Gasteiger partial charge in [0, 0.05) is 37.6 Å². The quantitative estimate of drug-likeness (QED) is 0.762. The van der Waals surface area contributed by atoms with Crippen molar-refractivity contribution in [3.8, 4) is 0 Å². The third-order valence-corrected chi connectivity index (χ3v) is 6.43. The molecule has 2 aliphatic rings. The van der Waals surface area contributed by atoms with Crippen LogP contribution in [0.3, 0.4) is 0 Å². The molecule has 0 atom stereocenters. The zero-order valence-electron chi connectivity index (χ0n) is 16.8. The molecule has 1 aliphatic heterocycles. The van der Waals surface area contributed by atoms with Gasteiger partial charge in [0.1, 0.15) is 5.82 Å². The highest BCUT2D eigenvalue weighted by Crippen LogP contribution is 2.22. The van der Waals surface area contributed by atoms with Crippen LogP contribution in [0, 0.1) is 5.82 Å². The molecule has 0 unspecified atom stereocenters. The molecule has 30 heavy (non-hydrogen) atoms. The highest BCUT2D eigenvalue weighted by atomic mass is 32.1. The van der Waals surface area contributed by atoms with Gasteiger partial charge in [-0.1, -0.05) is 25.0 Å². The van der Waals surface area contributed by atoms with Gasteiger partial charge in [0.05, 0.1) is 17.8 Å². The molecule has 9 heteroatoms. The van der Waals surface area contributed by atoms with Crippen molar-refractivity contribution in [2.24, 2.45) is 0 Å². The smallest absolute Gasteiger partial charge is 0.321 e. The first-order chi connectivity index (χ1) is 14.6. The Bertz CT molecular complexity index is 891. The molecule has 2 fully saturated rings. The lowest BCUT2D eigenvalue weighted by Crippen LogP contribution is -2.49. The Hall–Kier alpha value is -2.68. The fourth-order valence-electron chi connectivity index (χ4n) is 4.01. The highest BCUT2D eigenvalue weighted by Gasteiger charge is 2.23. The van der Waals surface area contributed by atoms with Crippen LogP contribution in [0.5, 0.6) is 0 Å². The molecule has 0 bridgehead atoms. The number of piperazine rings is 1. The number of benzene rings is 1. The van der Waals surface area contributed by atoms with Crippen LogP contribution in [0.15, 0.2) is 29.6 Å². The van der Waals surface area contributed by atoms with Crippen molar-refractivity contribution in [2.45, 2.75) is 38.1 Å². The van der Waals surface area contributed by atoms with Crippen LogP contribution in [0.4, 0.5) is 20.0 Å². The summed E-state index contributed by atoms with van der Waals surface area (Å²) in [4.78, 5) is 32.8. The van der Waals surface area contributed by atoms with E-state index >= 15 is 0 Å². The summed E-state index contributed by atoms with van der Waals surface area (Å²) in [6, 6.07) is 6.72. The second-order valence-corrected chi connectivity index (χ2v) is 8.58. The second-order valence-electron chi connectivity index (χ2n) is 7.72. The van der Waals surface area contributed by atoms with Crippen LogP contribution in [0.25, 0.3) is 0 Å². The molecule has 2 N–H and O–H groups in total. The summed E-state index contributed by atoms with van der Waals surface area (Å²) in [5.74, 6) is -0.243. The maximum Gasteiger partial charge on any atom is 0.321 e. The van der Waals surface area contributed by atoms with Gasteiger partial charge >= 0.3 is 6.03 Å². The SMILES string of the molecule is O=C(Nc1nc(CC(=O)N2CCN(c3ccccc3F)CC2)cs1)NC1CCCC1. The molecular weight excluding hydrogens is 405 g/mol. The van der Waals surface area contributed by atoms with Crippen molar-refractivity contribution in [3.05, 3.63) is 41.2 Å². The van der Waals surface area contributed by atoms with Crippen LogP contribution < -0.4 is 15.5 Å². The number of aromatic nitrogens is 1. The number of thiazole rings is 1. The Morgan fingerprint density at radius 1 is 1.13 bits per heavy atom. The van der Waals surface area contributed by atoms with Crippen LogP contribution >= 0.6 is 11.3 Å². The topological polar surface area (TPSA) is 77.6 Å². The van der Waals surface area contributed by atoms with Gasteiger partial charge in [-0.2, -0.15) is 0 Å². The lowest BCUT2D eigenvalue weighted by atomic mass is 10.2. The molecule has 7 nitrogen and oxygen atoms in total. The maximum absolute atomic E-state index is 14.0. The van der Waals surface area contributed by atoms with Crippen LogP contribution in [0.2, 0.25) is 0 Å². The number of nitrogens with one attached hydrogen (secondary N) is 2. The molecule has 3 amide bonds. The molecule has 1 saturated heterocycles. The summed E-state index contributed by atoms with van der Waals surface area (Å²) in [6.45, 7) is 2.29. The van der Waals surface area contributed by atoms with E-state index in [2.05, 4.69) is 15.6 Å². The number of urea groups is 1. The van der Waals surface area contributed by atoms with E-state index in [0.29, 0.717) is 42.7 Å². The van der Waals surface area contributed by atoms with E-state index in [1.807, 2.05) is 11.0 Å². The Labute approximate surface area is 179 Å². The molecular formula is C21H26FN5O2S. The predicted molar refractivity (Wildman–Crippen MR) is 115 cm³/mol. The largest absolute Gasteiger partial charge is 0.366 e. The Kier molecular flexibility index (Phi) is 6.47. The van der Waals surface area contributed by atoms with Gasteiger partial charge in [0.15, 0.2) is 5.13 Å². The summed E-state index contributed by atoms with van der Waals surface area (Å²) in [7, 11) is 0. The van der Waals surface area contributed by atoms with E-state index in [9.17, 15) is 14.0 Å². The van der Waals surface area contributed by atoms with E-state index < -0.39 is 0 Å². The van der Waals surface area contributed by atoms with Crippen LogP contribution in [0.1, 0.15) is 31.4 Å². The maximum atomic E-state index is 14.0. The standard InChI is InChI=1S/C21H26FN5O2S/c22-17-7-3-4-8-18(17)26-9-11-27(12-10-26)19(28)13-16-14-30-21(24-16)25-20(29)23-15-5-1-2-6-15/h3-4,7-8,14-15H,1-2,5-6,9-13H2,(H2,23,24,25,29). The minimum Gasteiger partial charge on any atom is -0.366 e. The Balaban J connectivity index is 1.24. The van der Waals surface area contributed by atoms with Gasteiger partial charge in [-0.05, 0) is 25.0 Å². The van der Waals surface area contributed by atoms with Crippen molar-refractivity contribution >= 4 is 34.1 Å². The second kappa shape index (κ2) is 9.42. The fourth-order valence-corrected chi connectivity index (χ4v) is 4.71. The van der Waals surface area contributed by atoms with Crippen LogP contribution in [-0.2, 0) is 11.2 Å². The van der Waals surface area contributed by atoms with E-state index in [1.54, 1.807) is 22.4 Å². The molecule has 160 valence electrons. The van der Waals surface area contributed by atoms with Gasteiger partial charge in [-0.3, -0.25) is 10.1 Å². The fraction of sp³-hybridized carbons (Fsp3) is 0.476. The van der Waals surface area contributed by atoms with E-state index in [-0.39, 0.29) is 30.2 Å². The van der Waals surface area contributed by atoms with Gasteiger partial charge in [0.2, 0.25) is 5.91 Å². The molecule has 1 saturated carbocycles. The van der Waals surface area contributed by atoms with E-state index in [4.69, 9.17) is 0 Å². The van der Waals surface area contributed by atoms with Gasteiger partial charge in [-0.15, -0.1) is 11.3 Å². The summed E-state index contributed by atoms with van der Waals surface area (Å²) in [5, 5.41) is 8.02. The van der Waals surface area contributed by atoms with E-state index in [0.717, 1.165) is 25.7 Å². The zero-order chi connectivity index (χ0) is 20.9. The summed E-state index contributed by atoms with van der Waals surface area (Å²) >= 11 is 1.32. The number of carbonyl (C=O) groups is 2. The first kappa shape index (κ1) is 20.6. The summed E-state index contributed by atoms with van der Waals surface area (Å²) in [6.07, 6.45) is 4.55. The lowest BCUT2D eigenvalue weighted by molar-refractivity contribution is -0.130. The van der Waals surface area contributed by atoms with Crippen molar-refractivity contribution in [1.82, 2.24) is 15.2 Å². The number of rotatable bonds is 5. The number of amides is 3. The lowest BCUT2D eigenvalue weighted by Gasteiger charge is -2.36. The minimum atomic E-state index is -0.239. The van der Waals surface area contributed by atoms with Crippen LogP contribution in [-0.4, -0.2) is 54.0 Å². The van der Waals surface area contributed by atoms with Gasteiger partial charge < -0.3 is 15.1 Å². The van der Waals surface area contributed by atoms with Crippen molar-refractivity contribution in [1.29, 1.82) is 0 Å². The normalized spacial score (nSPS) is 17.2. The predicted octanol–water partition coefficient (Wildman–Crippen LogP) is 3.24. The van der Waals surface area contributed by atoms with Crippen molar-refractivity contribution in [2.75, 3.05) is 36.4 Å². The molecule has 0 spiro atoms. The number of halogens is 1. The Morgan fingerprint density at radius 2 is 1.87 bits per heavy atom. The summed E-state index contributed by atoms with van der Waals surface area (Å²) in [5.41, 5.74) is 1.23. The molecule has 2 heterocycles. The number of para-hydroxylation sites is 1. The molecule has 1 aromatic carbocycles.